The number of aromatic nitrogens is 5. The Morgan fingerprint density at radius 3 is 2.88 bits per heavy atom. The summed E-state index contributed by atoms with van der Waals surface area (Å²) in [5.41, 5.74) is 1.19. The standard InChI is InChI=1S/C19H24N6O/c1-15(19-21-18(22-26-19)14-16-6-3-2-4-7-16)24-11-5-8-17(9-12-24)25-13-10-20-23-25/h2-4,6-7,10,13,15,17H,5,8-9,11-12,14H2,1H3. The van der Waals surface area contributed by atoms with Gasteiger partial charge in [-0.2, -0.15) is 4.98 Å². The minimum Gasteiger partial charge on any atom is -0.338 e. The quantitative estimate of drug-likeness (QED) is 0.703. The Morgan fingerprint density at radius 2 is 2.08 bits per heavy atom. The summed E-state index contributed by atoms with van der Waals surface area (Å²) in [7, 11) is 0. The monoisotopic (exact) mass is 352 g/mol. The molecule has 0 amide bonds. The molecule has 2 aromatic heterocycles. The Labute approximate surface area is 153 Å². The maximum atomic E-state index is 5.56. The van der Waals surface area contributed by atoms with Crippen LogP contribution in [0.5, 0.6) is 0 Å². The second-order valence-corrected chi connectivity index (χ2v) is 6.89. The molecular weight excluding hydrogens is 328 g/mol. The molecule has 3 heterocycles. The molecule has 3 aromatic rings. The summed E-state index contributed by atoms with van der Waals surface area (Å²) < 4.78 is 7.55. The first kappa shape index (κ1) is 16.9. The van der Waals surface area contributed by atoms with Crippen molar-refractivity contribution in [1.82, 2.24) is 30.0 Å². The highest BCUT2D eigenvalue weighted by atomic mass is 16.5. The molecule has 0 spiro atoms. The van der Waals surface area contributed by atoms with Gasteiger partial charge in [-0.05, 0) is 38.3 Å². The summed E-state index contributed by atoms with van der Waals surface area (Å²) >= 11 is 0. The molecule has 26 heavy (non-hydrogen) atoms. The number of rotatable bonds is 5. The van der Waals surface area contributed by atoms with Crippen molar-refractivity contribution < 1.29 is 4.52 Å². The van der Waals surface area contributed by atoms with E-state index in [4.69, 9.17) is 4.52 Å². The van der Waals surface area contributed by atoms with E-state index >= 15 is 0 Å². The van der Waals surface area contributed by atoms with Gasteiger partial charge < -0.3 is 4.52 Å². The van der Waals surface area contributed by atoms with Crippen molar-refractivity contribution in [3.05, 3.63) is 60.0 Å². The second kappa shape index (κ2) is 7.78. The van der Waals surface area contributed by atoms with Crippen LogP contribution in [-0.2, 0) is 6.42 Å². The van der Waals surface area contributed by atoms with Gasteiger partial charge in [-0.15, -0.1) is 5.10 Å². The predicted octanol–water partition coefficient (Wildman–Crippen LogP) is 3.04. The zero-order valence-corrected chi connectivity index (χ0v) is 15.0. The molecular formula is C19H24N6O. The topological polar surface area (TPSA) is 72.9 Å². The van der Waals surface area contributed by atoms with Crippen molar-refractivity contribution in [1.29, 1.82) is 0 Å². The van der Waals surface area contributed by atoms with Crippen LogP contribution in [0.2, 0.25) is 0 Å². The van der Waals surface area contributed by atoms with Crippen LogP contribution in [0.1, 0.15) is 55.5 Å². The van der Waals surface area contributed by atoms with E-state index in [-0.39, 0.29) is 6.04 Å². The normalized spacial score (nSPS) is 20.0. The van der Waals surface area contributed by atoms with Crippen LogP contribution in [0, 0.1) is 0 Å². The Balaban J connectivity index is 1.39. The third-order valence-electron chi connectivity index (χ3n) is 5.14. The average Bonchev–Trinajstić information content (AvgIpc) is 3.30. The van der Waals surface area contributed by atoms with Gasteiger partial charge in [0.25, 0.3) is 0 Å². The van der Waals surface area contributed by atoms with E-state index in [9.17, 15) is 0 Å². The molecule has 0 saturated carbocycles. The fraction of sp³-hybridized carbons (Fsp3) is 0.474. The average molecular weight is 352 g/mol. The third-order valence-corrected chi connectivity index (χ3v) is 5.14. The van der Waals surface area contributed by atoms with Crippen LogP contribution in [-0.4, -0.2) is 43.1 Å². The number of likely N-dealkylation sites (tertiary alicyclic amines) is 1. The van der Waals surface area contributed by atoms with Crippen LogP contribution in [0.3, 0.4) is 0 Å². The Kier molecular flexibility index (Phi) is 5.06. The van der Waals surface area contributed by atoms with Gasteiger partial charge in [0, 0.05) is 19.2 Å². The summed E-state index contributed by atoms with van der Waals surface area (Å²) in [6.45, 7) is 4.17. The van der Waals surface area contributed by atoms with Gasteiger partial charge in [0.2, 0.25) is 5.89 Å². The highest BCUT2D eigenvalue weighted by molar-refractivity contribution is 5.18. The molecule has 0 N–H and O–H groups in total. The highest BCUT2D eigenvalue weighted by Crippen LogP contribution is 2.27. The molecule has 0 aliphatic carbocycles. The lowest BCUT2D eigenvalue weighted by Gasteiger charge is -2.24. The lowest BCUT2D eigenvalue weighted by molar-refractivity contribution is 0.176. The van der Waals surface area contributed by atoms with Gasteiger partial charge in [0.15, 0.2) is 5.82 Å². The predicted molar refractivity (Wildman–Crippen MR) is 96.4 cm³/mol. The van der Waals surface area contributed by atoms with Crippen molar-refractivity contribution in [2.75, 3.05) is 13.1 Å². The van der Waals surface area contributed by atoms with E-state index < -0.39 is 0 Å². The fourth-order valence-electron chi connectivity index (χ4n) is 3.61. The van der Waals surface area contributed by atoms with E-state index in [0.717, 1.165) is 38.2 Å². The van der Waals surface area contributed by atoms with E-state index in [1.54, 1.807) is 6.20 Å². The van der Waals surface area contributed by atoms with Crippen LogP contribution >= 0.6 is 0 Å². The Morgan fingerprint density at radius 1 is 1.19 bits per heavy atom. The summed E-state index contributed by atoms with van der Waals surface area (Å²) in [6, 6.07) is 10.8. The van der Waals surface area contributed by atoms with Crippen LogP contribution in [0.15, 0.2) is 47.2 Å². The number of nitrogens with zero attached hydrogens (tertiary/aromatic N) is 6. The molecule has 4 rings (SSSR count). The van der Waals surface area contributed by atoms with Gasteiger partial charge in [0.1, 0.15) is 0 Å². The SMILES string of the molecule is CC(c1nc(Cc2ccccc2)no1)N1CCCC(n2ccnn2)CC1. The lowest BCUT2D eigenvalue weighted by Crippen LogP contribution is -2.28. The van der Waals surface area contributed by atoms with E-state index in [1.807, 2.05) is 29.1 Å². The van der Waals surface area contributed by atoms with Crippen molar-refractivity contribution in [2.24, 2.45) is 0 Å². The third kappa shape index (κ3) is 3.83. The molecule has 7 nitrogen and oxygen atoms in total. The van der Waals surface area contributed by atoms with Crippen molar-refractivity contribution in [3.63, 3.8) is 0 Å². The number of hydrogen-bond donors (Lipinski definition) is 0. The maximum absolute atomic E-state index is 5.56. The van der Waals surface area contributed by atoms with Crippen LogP contribution < -0.4 is 0 Å². The van der Waals surface area contributed by atoms with Crippen molar-refractivity contribution in [3.8, 4) is 0 Å². The lowest BCUT2D eigenvalue weighted by atomic mass is 10.1. The van der Waals surface area contributed by atoms with E-state index in [0.29, 0.717) is 18.4 Å². The Bertz CT molecular complexity index is 801. The minimum absolute atomic E-state index is 0.126. The minimum atomic E-state index is 0.126. The zero-order chi connectivity index (χ0) is 17.8. The molecule has 136 valence electrons. The number of benzene rings is 1. The van der Waals surface area contributed by atoms with Gasteiger partial charge in [-0.25, -0.2) is 4.68 Å². The molecule has 7 heteroatoms. The summed E-state index contributed by atoms with van der Waals surface area (Å²) in [6.07, 6.45) is 7.70. The van der Waals surface area contributed by atoms with E-state index in [2.05, 4.69) is 44.4 Å². The molecule has 1 aliphatic rings. The first-order chi connectivity index (χ1) is 12.8. The smallest absolute Gasteiger partial charge is 0.243 e. The molecule has 0 radical (unpaired) electrons. The zero-order valence-electron chi connectivity index (χ0n) is 15.0. The molecule has 1 aromatic carbocycles. The molecule has 2 unspecified atom stereocenters. The van der Waals surface area contributed by atoms with Crippen LogP contribution in [0.25, 0.3) is 0 Å². The molecule has 2 atom stereocenters. The molecule has 0 bridgehead atoms. The van der Waals surface area contributed by atoms with Crippen LogP contribution in [0.4, 0.5) is 0 Å². The van der Waals surface area contributed by atoms with Crippen molar-refractivity contribution in [2.45, 2.75) is 44.7 Å². The fourth-order valence-corrected chi connectivity index (χ4v) is 3.61. The maximum Gasteiger partial charge on any atom is 0.243 e. The molecule has 1 saturated heterocycles. The summed E-state index contributed by atoms with van der Waals surface area (Å²) in [4.78, 5) is 7.06. The summed E-state index contributed by atoms with van der Waals surface area (Å²) in [5, 5.41) is 12.3. The first-order valence-electron chi connectivity index (χ1n) is 9.26. The molecule has 1 fully saturated rings. The summed E-state index contributed by atoms with van der Waals surface area (Å²) in [5.74, 6) is 1.45. The molecule has 1 aliphatic heterocycles. The van der Waals surface area contributed by atoms with Gasteiger partial charge >= 0.3 is 0 Å². The van der Waals surface area contributed by atoms with E-state index in [1.165, 1.54) is 5.56 Å². The Hall–Kier alpha value is -2.54. The highest BCUT2D eigenvalue weighted by Gasteiger charge is 2.26. The first-order valence-corrected chi connectivity index (χ1v) is 9.26. The van der Waals surface area contributed by atoms with Gasteiger partial charge in [-0.3, -0.25) is 4.90 Å². The largest absolute Gasteiger partial charge is 0.338 e. The second-order valence-electron chi connectivity index (χ2n) is 6.89. The van der Waals surface area contributed by atoms with Crippen molar-refractivity contribution >= 4 is 0 Å². The number of hydrogen-bond acceptors (Lipinski definition) is 6. The van der Waals surface area contributed by atoms with Gasteiger partial charge in [0.05, 0.1) is 18.3 Å². The van der Waals surface area contributed by atoms with Gasteiger partial charge in [-0.1, -0.05) is 40.7 Å².